The summed E-state index contributed by atoms with van der Waals surface area (Å²) in [6.45, 7) is 0. The van der Waals surface area contributed by atoms with Crippen molar-refractivity contribution in [3.63, 3.8) is 0 Å². The Hall–Kier alpha value is -3.68. The smallest absolute Gasteiger partial charge is 0.263 e. The maximum atomic E-state index is 13.3. The lowest BCUT2D eigenvalue weighted by molar-refractivity contribution is 0.405. The van der Waals surface area contributed by atoms with Crippen molar-refractivity contribution in [1.29, 1.82) is 0 Å². The zero-order valence-electron chi connectivity index (χ0n) is 14.6. The number of nitrogens with one attached hydrogen (secondary N) is 1. The highest BCUT2D eigenvalue weighted by Gasteiger charge is 2.18. The first-order valence-electron chi connectivity index (χ1n) is 8.05. The number of ether oxygens (including phenoxy) is 2. The van der Waals surface area contributed by atoms with Gasteiger partial charge in [-0.05, 0) is 36.4 Å². The molecule has 27 heavy (non-hydrogen) atoms. The number of rotatable bonds is 5. The molecule has 0 aliphatic heterocycles. The number of benzene rings is 2. The van der Waals surface area contributed by atoms with Crippen LogP contribution in [0.2, 0.25) is 0 Å². The van der Waals surface area contributed by atoms with Gasteiger partial charge in [0.05, 0.1) is 19.9 Å². The van der Waals surface area contributed by atoms with Gasteiger partial charge in [0.15, 0.2) is 0 Å². The number of aromatic nitrogens is 3. The topological polar surface area (TPSA) is 82.3 Å². The van der Waals surface area contributed by atoms with E-state index < -0.39 is 0 Å². The highest BCUT2D eigenvalue weighted by atomic mass is 19.1. The molecule has 1 N–H and O–H groups in total. The molecule has 2 aromatic heterocycles. The van der Waals surface area contributed by atoms with Gasteiger partial charge in [-0.2, -0.15) is 4.98 Å². The molecule has 2 heterocycles. The summed E-state index contributed by atoms with van der Waals surface area (Å²) in [6, 6.07) is 11.3. The van der Waals surface area contributed by atoms with E-state index in [9.17, 15) is 4.39 Å². The first-order chi connectivity index (χ1) is 13.2. The molecule has 0 atom stereocenters. The van der Waals surface area contributed by atoms with Crippen LogP contribution in [0, 0.1) is 5.82 Å². The SMILES string of the molecule is COc1ccc(OC)c(Nc2ncnc3onc(-c4ccc(F)cc4)c23)c1. The molecule has 0 bridgehead atoms. The van der Waals surface area contributed by atoms with Crippen LogP contribution in [-0.4, -0.2) is 29.3 Å². The van der Waals surface area contributed by atoms with Gasteiger partial charge in [-0.25, -0.2) is 9.37 Å². The second-order valence-electron chi connectivity index (χ2n) is 5.63. The molecule has 4 rings (SSSR count). The monoisotopic (exact) mass is 366 g/mol. The number of nitrogens with zero attached hydrogens (tertiary/aromatic N) is 3. The van der Waals surface area contributed by atoms with Crippen molar-refractivity contribution in [3.05, 3.63) is 54.6 Å². The van der Waals surface area contributed by atoms with Crippen LogP contribution in [0.15, 0.2) is 53.3 Å². The lowest BCUT2D eigenvalue weighted by Crippen LogP contribution is -1.99. The Bertz CT molecular complexity index is 1100. The third-order valence-corrected chi connectivity index (χ3v) is 4.05. The summed E-state index contributed by atoms with van der Waals surface area (Å²) in [6.07, 6.45) is 1.37. The molecule has 0 saturated heterocycles. The Balaban J connectivity index is 1.83. The fraction of sp³-hybridized carbons (Fsp3) is 0.105. The van der Waals surface area contributed by atoms with E-state index in [1.807, 2.05) is 0 Å². The van der Waals surface area contributed by atoms with Gasteiger partial charge in [-0.15, -0.1) is 0 Å². The molecule has 0 spiro atoms. The molecule has 0 radical (unpaired) electrons. The summed E-state index contributed by atoms with van der Waals surface area (Å²) in [5.74, 6) is 1.42. The van der Waals surface area contributed by atoms with Crippen LogP contribution in [-0.2, 0) is 0 Å². The number of hydrogen-bond donors (Lipinski definition) is 1. The molecule has 0 unspecified atom stereocenters. The number of halogens is 1. The van der Waals surface area contributed by atoms with Gasteiger partial charge in [0.2, 0.25) is 0 Å². The average molecular weight is 366 g/mol. The predicted molar refractivity (Wildman–Crippen MR) is 97.8 cm³/mol. The third kappa shape index (κ3) is 3.12. The van der Waals surface area contributed by atoms with Gasteiger partial charge in [-0.1, -0.05) is 5.16 Å². The number of anilines is 2. The van der Waals surface area contributed by atoms with E-state index in [2.05, 4.69) is 20.4 Å². The predicted octanol–water partition coefficient (Wildman–Crippen LogP) is 4.18. The summed E-state index contributed by atoms with van der Waals surface area (Å²) in [5.41, 5.74) is 2.16. The van der Waals surface area contributed by atoms with Crippen molar-refractivity contribution in [1.82, 2.24) is 15.1 Å². The second-order valence-corrected chi connectivity index (χ2v) is 5.63. The molecule has 0 saturated carbocycles. The van der Waals surface area contributed by atoms with E-state index in [1.165, 1.54) is 18.5 Å². The van der Waals surface area contributed by atoms with E-state index in [4.69, 9.17) is 14.0 Å². The Morgan fingerprint density at radius 3 is 2.56 bits per heavy atom. The van der Waals surface area contributed by atoms with Crippen molar-refractivity contribution < 1.29 is 18.4 Å². The van der Waals surface area contributed by atoms with Gasteiger partial charge in [-0.3, -0.25) is 0 Å². The van der Waals surface area contributed by atoms with E-state index in [-0.39, 0.29) is 5.82 Å². The quantitative estimate of drug-likeness (QED) is 0.567. The van der Waals surface area contributed by atoms with Crippen LogP contribution in [0.3, 0.4) is 0 Å². The first kappa shape index (κ1) is 16.8. The van der Waals surface area contributed by atoms with E-state index in [0.717, 1.165) is 0 Å². The Kier molecular flexibility index (Phi) is 4.29. The van der Waals surface area contributed by atoms with Crippen molar-refractivity contribution in [2.24, 2.45) is 0 Å². The van der Waals surface area contributed by atoms with Gasteiger partial charge < -0.3 is 19.3 Å². The molecule has 136 valence electrons. The average Bonchev–Trinajstić information content (AvgIpc) is 3.14. The van der Waals surface area contributed by atoms with Gasteiger partial charge >= 0.3 is 0 Å². The first-order valence-corrected chi connectivity index (χ1v) is 8.05. The summed E-state index contributed by atoms with van der Waals surface area (Å²) >= 11 is 0. The van der Waals surface area contributed by atoms with Gasteiger partial charge in [0, 0.05) is 11.6 Å². The Morgan fingerprint density at radius 2 is 1.81 bits per heavy atom. The largest absolute Gasteiger partial charge is 0.497 e. The highest BCUT2D eigenvalue weighted by molar-refractivity contribution is 5.98. The standard InChI is InChI=1S/C19H15FN4O3/c1-25-13-7-8-15(26-2)14(9-13)23-18-16-17(11-3-5-12(20)6-4-11)24-27-19(16)22-10-21-18/h3-10H,1-2H3,(H,21,22,23). The Labute approximate surface area is 153 Å². The van der Waals surface area contributed by atoms with Crippen LogP contribution in [0.25, 0.3) is 22.4 Å². The number of hydrogen-bond acceptors (Lipinski definition) is 7. The van der Waals surface area contributed by atoms with Gasteiger partial charge in [0.25, 0.3) is 5.71 Å². The maximum Gasteiger partial charge on any atom is 0.263 e. The van der Waals surface area contributed by atoms with Crippen LogP contribution in [0.1, 0.15) is 0 Å². The summed E-state index contributed by atoms with van der Waals surface area (Å²) in [5, 5.41) is 7.87. The fourth-order valence-electron chi connectivity index (χ4n) is 2.73. The van der Waals surface area contributed by atoms with Crippen molar-refractivity contribution in [2.45, 2.75) is 0 Å². The molecule has 0 aliphatic rings. The lowest BCUT2D eigenvalue weighted by atomic mass is 10.1. The minimum Gasteiger partial charge on any atom is -0.497 e. The second kappa shape index (κ2) is 6.91. The molecule has 0 fully saturated rings. The number of methoxy groups -OCH3 is 2. The Morgan fingerprint density at radius 1 is 1.00 bits per heavy atom. The van der Waals surface area contributed by atoms with Crippen LogP contribution in [0.4, 0.5) is 15.9 Å². The minimum atomic E-state index is -0.331. The molecule has 4 aromatic rings. The van der Waals surface area contributed by atoms with Crippen LogP contribution < -0.4 is 14.8 Å². The van der Waals surface area contributed by atoms with Crippen LogP contribution in [0.5, 0.6) is 11.5 Å². The minimum absolute atomic E-state index is 0.314. The number of fused-ring (bicyclic) bond motifs is 1. The molecular weight excluding hydrogens is 351 g/mol. The van der Waals surface area contributed by atoms with E-state index in [1.54, 1.807) is 44.6 Å². The fourth-order valence-corrected chi connectivity index (χ4v) is 2.73. The molecule has 7 nitrogen and oxygen atoms in total. The van der Waals surface area contributed by atoms with E-state index in [0.29, 0.717) is 45.4 Å². The molecule has 8 heteroatoms. The zero-order valence-corrected chi connectivity index (χ0v) is 14.6. The molecule has 0 amide bonds. The normalized spacial score (nSPS) is 10.8. The molecule has 0 aliphatic carbocycles. The highest BCUT2D eigenvalue weighted by Crippen LogP contribution is 2.36. The van der Waals surface area contributed by atoms with Crippen LogP contribution >= 0.6 is 0 Å². The summed E-state index contributed by atoms with van der Waals surface area (Å²) in [7, 11) is 3.16. The maximum absolute atomic E-state index is 13.3. The molecular formula is C19H15FN4O3. The van der Waals surface area contributed by atoms with Gasteiger partial charge in [0.1, 0.15) is 40.5 Å². The summed E-state index contributed by atoms with van der Waals surface area (Å²) in [4.78, 5) is 8.43. The van der Waals surface area contributed by atoms with E-state index >= 15 is 0 Å². The van der Waals surface area contributed by atoms with Crippen molar-refractivity contribution >= 4 is 22.6 Å². The molecule has 2 aromatic carbocycles. The lowest BCUT2D eigenvalue weighted by Gasteiger charge is -2.12. The third-order valence-electron chi connectivity index (χ3n) is 4.05. The van der Waals surface area contributed by atoms with Crippen molar-refractivity contribution in [3.8, 4) is 22.8 Å². The zero-order chi connectivity index (χ0) is 18.8. The summed E-state index contributed by atoms with van der Waals surface area (Å²) < 4.78 is 29.3. The van der Waals surface area contributed by atoms with Crippen molar-refractivity contribution in [2.75, 3.05) is 19.5 Å².